The fraction of sp³-hybridized carbons (Fsp3) is 0.125. The highest BCUT2D eigenvalue weighted by atomic mass is 32.1. The molecule has 1 unspecified atom stereocenters. The average molecular weight is 372 g/mol. The Hall–Kier alpha value is -2.83. The van der Waals surface area contributed by atoms with Gasteiger partial charge in [-0.25, -0.2) is 0 Å². The van der Waals surface area contributed by atoms with Crippen molar-refractivity contribution < 1.29 is 9.72 Å². The van der Waals surface area contributed by atoms with Gasteiger partial charge in [0.05, 0.1) is 14.8 Å². The van der Waals surface area contributed by atoms with Gasteiger partial charge < -0.3 is 10.2 Å². The zero-order chi connectivity index (χ0) is 18.1. The molecule has 1 atom stereocenters. The van der Waals surface area contributed by atoms with E-state index in [4.69, 9.17) is 0 Å². The van der Waals surface area contributed by atoms with Gasteiger partial charge in [-0.05, 0) is 25.1 Å². The summed E-state index contributed by atoms with van der Waals surface area (Å²) in [7, 11) is 0. The highest BCUT2D eigenvalue weighted by Crippen LogP contribution is 2.39. The van der Waals surface area contributed by atoms with E-state index >= 15 is 0 Å². The van der Waals surface area contributed by atoms with Gasteiger partial charge in [0.1, 0.15) is 17.8 Å². The van der Waals surface area contributed by atoms with Crippen molar-refractivity contribution in [2.75, 3.05) is 4.90 Å². The number of nitro groups is 1. The molecule has 0 spiro atoms. The Morgan fingerprint density at radius 2 is 2.00 bits per heavy atom. The van der Waals surface area contributed by atoms with E-state index in [-0.39, 0.29) is 15.6 Å². The number of hydrogen-bond donors (Lipinski definition) is 2. The first kappa shape index (κ1) is 17.0. The molecule has 2 heterocycles. The maximum atomic E-state index is 12.2. The molecule has 0 aliphatic carbocycles. The van der Waals surface area contributed by atoms with Crippen molar-refractivity contribution in [2.45, 2.75) is 13.1 Å². The topological polar surface area (TPSA) is 99.3 Å². The molecular weight excluding hydrogens is 360 g/mol. The molecule has 1 aliphatic heterocycles. The molecular formula is C16H12N4O3S2. The van der Waals surface area contributed by atoms with Crippen molar-refractivity contribution in [1.82, 2.24) is 5.32 Å². The number of nitriles is 1. The van der Waals surface area contributed by atoms with E-state index in [2.05, 4.69) is 17.9 Å². The predicted molar refractivity (Wildman–Crippen MR) is 97.1 cm³/mol. The van der Waals surface area contributed by atoms with Gasteiger partial charge in [-0.3, -0.25) is 14.9 Å². The first-order valence-electron chi connectivity index (χ1n) is 7.16. The van der Waals surface area contributed by atoms with Crippen LogP contribution in [-0.2, 0) is 4.79 Å². The molecule has 126 valence electrons. The van der Waals surface area contributed by atoms with Crippen molar-refractivity contribution >= 4 is 40.6 Å². The fourth-order valence-electron chi connectivity index (χ4n) is 2.47. The molecule has 1 aromatic carbocycles. The number of rotatable bonds is 3. The number of carbonyl (C=O) groups excluding carboxylic acids is 1. The summed E-state index contributed by atoms with van der Waals surface area (Å²) >= 11 is 5.34. The maximum absolute atomic E-state index is 12.2. The van der Waals surface area contributed by atoms with Crippen LogP contribution in [-0.4, -0.2) is 10.8 Å². The number of nitrogens with zero attached hydrogens (tertiary/aromatic N) is 3. The number of thiophene rings is 1. The molecule has 2 aromatic rings. The van der Waals surface area contributed by atoms with Crippen LogP contribution in [0.5, 0.6) is 0 Å². The second-order valence-corrected chi connectivity index (χ2v) is 6.84. The summed E-state index contributed by atoms with van der Waals surface area (Å²) in [5.74, 6) is -0.558. The molecule has 0 bridgehead atoms. The first-order valence-corrected chi connectivity index (χ1v) is 8.43. The van der Waals surface area contributed by atoms with E-state index in [1.807, 2.05) is 37.3 Å². The van der Waals surface area contributed by atoms with Crippen molar-refractivity contribution in [1.29, 1.82) is 5.26 Å². The minimum absolute atomic E-state index is 0.0242. The SMILES string of the molecule is Cc1ccc(N2C(S)=C(C#N)C(=O)NC2c2ccc([N+](=O)[O-])s2)cc1. The third-order valence-corrected chi connectivity index (χ3v) is 5.22. The van der Waals surface area contributed by atoms with E-state index in [1.165, 1.54) is 6.07 Å². The summed E-state index contributed by atoms with van der Waals surface area (Å²) in [4.78, 5) is 24.9. The van der Waals surface area contributed by atoms with Crippen LogP contribution in [0.3, 0.4) is 0 Å². The lowest BCUT2D eigenvalue weighted by atomic mass is 10.1. The van der Waals surface area contributed by atoms with Gasteiger partial charge in [0.2, 0.25) is 0 Å². The lowest BCUT2D eigenvalue weighted by molar-refractivity contribution is -0.380. The molecule has 25 heavy (non-hydrogen) atoms. The van der Waals surface area contributed by atoms with Crippen LogP contribution in [0.4, 0.5) is 10.7 Å². The third-order valence-electron chi connectivity index (χ3n) is 3.69. The standard InChI is InChI=1S/C16H12N4O3S2/c1-9-2-4-10(5-3-9)19-14(12-6-7-13(25-12)20(22)23)18-15(21)11(8-17)16(19)24/h2-7,14,24H,1H3,(H,18,21). The largest absolute Gasteiger partial charge is 0.326 e. The maximum Gasteiger partial charge on any atom is 0.324 e. The smallest absolute Gasteiger partial charge is 0.324 e. The van der Waals surface area contributed by atoms with Gasteiger partial charge in [-0.15, -0.1) is 12.6 Å². The Labute approximate surface area is 152 Å². The van der Waals surface area contributed by atoms with E-state index in [0.717, 1.165) is 16.9 Å². The third kappa shape index (κ3) is 3.09. The number of nitrogens with one attached hydrogen (secondary N) is 1. The zero-order valence-electron chi connectivity index (χ0n) is 13.0. The van der Waals surface area contributed by atoms with Gasteiger partial charge in [0.15, 0.2) is 0 Å². The predicted octanol–water partition coefficient (Wildman–Crippen LogP) is 3.26. The summed E-state index contributed by atoms with van der Waals surface area (Å²) in [5.41, 5.74) is 1.66. The quantitative estimate of drug-likeness (QED) is 0.489. The van der Waals surface area contributed by atoms with Crippen molar-refractivity contribution in [2.24, 2.45) is 0 Å². The van der Waals surface area contributed by atoms with Gasteiger partial charge in [0.25, 0.3) is 5.91 Å². The Morgan fingerprint density at radius 3 is 2.56 bits per heavy atom. The number of benzene rings is 1. The Balaban J connectivity index is 2.13. The molecule has 1 aromatic heterocycles. The number of carbonyl (C=O) groups is 1. The highest BCUT2D eigenvalue weighted by molar-refractivity contribution is 7.84. The summed E-state index contributed by atoms with van der Waals surface area (Å²) in [6.45, 7) is 1.94. The van der Waals surface area contributed by atoms with E-state index in [1.54, 1.807) is 11.0 Å². The van der Waals surface area contributed by atoms with Crippen molar-refractivity contribution in [3.8, 4) is 6.07 Å². The first-order chi connectivity index (χ1) is 11.9. The molecule has 0 saturated carbocycles. The number of aryl methyl sites for hydroxylation is 1. The molecule has 1 N–H and O–H groups in total. The van der Waals surface area contributed by atoms with Crippen LogP contribution in [0.25, 0.3) is 0 Å². The van der Waals surface area contributed by atoms with Gasteiger partial charge >= 0.3 is 5.00 Å². The fourth-order valence-corrected chi connectivity index (χ4v) is 3.71. The lowest BCUT2D eigenvalue weighted by Crippen LogP contribution is -2.45. The van der Waals surface area contributed by atoms with E-state index in [0.29, 0.717) is 10.6 Å². The second kappa shape index (κ2) is 6.58. The summed E-state index contributed by atoms with van der Waals surface area (Å²) < 4.78 is 0. The minimum atomic E-state index is -0.682. The molecule has 0 radical (unpaired) electrons. The van der Waals surface area contributed by atoms with Crippen LogP contribution in [0.15, 0.2) is 47.0 Å². The average Bonchev–Trinajstić information content (AvgIpc) is 3.06. The molecule has 9 heteroatoms. The molecule has 7 nitrogen and oxygen atoms in total. The van der Waals surface area contributed by atoms with E-state index in [9.17, 15) is 20.2 Å². The van der Waals surface area contributed by atoms with Gasteiger partial charge in [-0.2, -0.15) is 5.26 Å². The Bertz CT molecular complexity index is 928. The molecule has 0 saturated heterocycles. The van der Waals surface area contributed by atoms with Crippen LogP contribution in [0.1, 0.15) is 16.6 Å². The van der Waals surface area contributed by atoms with Crippen LogP contribution < -0.4 is 10.2 Å². The number of anilines is 1. The Kier molecular flexibility index (Phi) is 4.48. The molecule has 3 rings (SSSR count). The molecule has 1 aliphatic rings. The van der Waals surface area contributed by atoms with Gasteiger partial charge in [0, 0.05) is 11.8 Å². The number of hydrogen-bond acceptors (Lipinski definition) is 7. The Morgan fingerprint density at radius 1 is 1.32 bits per heavy atom. The second-order valence-electron chi connectivity index (χ2n) is 5.33. The van der Waals surface area contributed by atoms with Crippen LogP contribution in [0.2, 0.25) is 0 Å². The summed E-state index contributed by atoms with van der Waals surface area (Å²) in [6.07, 6.45) is -0.682. The minimum Gasteiger partial charge on any atom is -0.326 e. The van der Waals surface area contributed by atoms with Crippen molar-refractivity contribution in [3.63, 3.8) is 0 Å². The summed E-state index contributed by atoms with van der Waals surface area (Å²) in [6, 6.07) is 12.3. The molecule has 1 amide bonds. The number of amides is 1. The van der Waals surface area contributed by atoms with E-state index < -0.39 is 17.0 Å². The normalized spacial score (nSPS) is 17.2. The highest BCUT2D eigenvalue weighted by Gasteiger charge is 2.35. The summed E-state index contributed by atoms with van der Waals surface area (Å²) in [5, 5.41) is 23.1. The van der Waals surface area contributed by atoms with Gasteiger partial charge in [-0.1, -0.05) is 29.0 Å². The number of thiol groups is 1. The van der Waals surface area contributed by atoms with Crippen molar-refractivity contribution in [3.05, 3.63) is 67.6 Å². The van der Waals surface area contributed by atoms with Crippen LogP contribution >= 0.6 is 24.0 Å². The zero-order valence-corrected chi connectivity index (χ0v) is 14.7. The molecule has 0 fully saturated rings. The lowest BCUT2D eigenvalue weighted by Gasteiger charge is -2.37. The monoisotopic (exact) mass is 372 g/mol. The van der Waals surface area contributed by atoms with Crippen LogP contribution in [0, 0.1) is 28.4 Å².